The van der Waals surface area contributed by atoms with Crippen LogP contribution in [0.25, 0.3) is 0 Å². The number of hydrogen-bond donors (Lipinski definition) is 2. The third kappa shape index (κ3) is 3.40. The zero-order valence-corrected chi connectivity index (χ0v) is 11.3. The molecule has 0 heterocycles. The molecule has 0 fully saturated rings. The lowest BCUT2D eigenvalue weighted by Crippen LogP contribution is -2.09. The second kappa shape index (κ2) is 6.78. The summed E-state index contributed by atoms with van der Waals surface area (Å²) in [6.07, 6.45) is 2.44. The third-order valence-corrected chi connectivity index (χ3v) is 2.72. The van der Waals surface area contributed by atoms with Crippen molar-refractivity contribution in [2.24, 2.45) is 5.73 Å². The van der Waals surface area contributed by atoms with Crippen molar-refractivity contribution in [3.63, 3.8) is 0 Å². The van der Waals surface area contributed by atoms with Gasteiger partial charge in [-0.05, 0) is 40.0 Å². The highest BCUT2D eigenvalue weighted by molar-refractivity contribution is 9.10. The van der Waals surface area contributed by atoms with E-state index in [-0.39, 0.29) is 24.2 Å². The quantitative estimate of drug-likeness (QED) is 0.840. The Morgan fingerprint density at radius 3 is 2.75 bits per heavy atom. The van der Waals surface area contributed by atoms with Crippen LogP contribution in [0.5, 0.6) is 11.5 Å². The van der Waals surface area contributed by atoms with E-state index < -0.39 is 0 Å². The van der Waals surface area contributed by atoms with E-state index >= 15 is 0 Å². The Hall–Kier alpha value is -0.710. The maximum atomic E-state index is 9.60. The fourth-order valence-corrected chi connectivity index (χ4v) is 1.74. The number of ether oxygens (including phenoxy) is 1. The monoisotopic (exact) mass is 307 g/mol. The minimum absolute atomic E-state index is 0. The van der Waals surface area contributed by atoms with Crippen molar-refractivity contribution in [2.45, 2.75) is 12.5 Å². The van der Waals surface area contributed by atoms with Crippen molar-refractivity contribution in [1.29, 1.82) is 0 Å². The van der Waals surface area contributed by atoms with Gasteiger partial charge in [-0.3, -0.25) is 0 Å². The average molecular weight is 309 g/mol. The Bertz CT molecular complexity index is 371. The van der Waals surface area contributed by atoms with Gasteiger partial charge in [0.15, 0.2) is 11.5 Å². The molecular formula is C11H15BrClNO2. The molecule has 0 radical (unpaired) electrons. The molecule has 16 heavy (non-hydrogen) atoms. The molecule has 0 bridgehead atoms. The third-order valence-electron chi connectivity index (χ3n) is 2.12. The topological polar surface area (TPSA) is 55.5 Å². The minimum atomic E-state index is -0.131. The normalized spacial score (nSPS) is 11.4. The first-order chi connectivity index (χ1) is 7.10. The molecule has 1 rings (SSSR count). The lowest BCUT2D eigenvalue weighted by Gasteiger charge is -2.13. The van der Waals surface area contributed by atoms with Crippen molar-refractivity contribution in [2.75, 3.05) is 7.11 Å². The Kier molecular flexibility index (Phi) is 6.48. The van der Waals surface area contributed by atoms with E-state index in [0.29, 0.717) is 16.6 Å². The fraction of sp³-hybridized carbons (Fsp3) is 0.273. The summed E-state index contributed by atoms with van der Waals surface area (Å²) < 4.78 is 5.61. The number of aromatic hydroxyl groups is 1. The van der Waals surface area contributed by atoms with E-state index in [9.17, 15) is 5.11 Å². The molecule has 0 amide bonds. The Morgan fingerprint density at radius 2 is 2.25 bits per heavy atom. The maximum absolute atomic E-state index is 9.60. The van der Waals surface area contributed by atoms with Crippen molar-refractivity contribution in [1.82, 2.24) is 0 Å². The molecule has 3 N–H and O–H groups in total. The molecule has 0 aliphatic carbocycles. The predicted octanol–water partition coefficient (Wildman–Crippen LogP) is 3.16. The summed E-state index contributed by atoms with van der Waals surface area (Å²) in [6, 6.07) is 3.38. The number of nitrogens with two attached hydrogens (primary N) is 1. The summed E-state index contributed by atoms with van der Waals surface area (Å²) >= 11 is 3.25. The van der Waals surface area contributed by atoms with E-state index in [2.05, 4.69) is 22.5 Å². The molecular weight excluding hydrogens is 293 g/mol. The van der Waals surface area contributed by atoms with Gasteiger partial charge in [-0.2, -0.15) is 0 Å². The van der Waals surface area contributed by atoms with E-state index in [1.807, 2.05) is 0 Å². The molecule has 0 spiro atoms. The molecule has 1 atom stereocenters. The highest BCUT2D eigenvalue weighted by Gasteiger charge is 2.12. The van der Waals surface area contributed by atoms with Crippen LogP contribution in [0.4, 0.5) is 0 Å². The Morgan fingerprint density at radius 1 is 1.62 bits per heavy atom. The second-order valence-electron chi connectivity index (χ2n) is 3.18. The number of phenolic OH excluding ortho intramolecular Hbond substituents is 1. The Labute approximate surface area is 110 Å². The van der Waals surface area contributed by atoms with E-state index in [1.165, 1.54) is 7.11 Å². The number of methoxy groups -OCH3 is 1. The Balaban J connectivity index is 0.00000225. The van der Waals surface area contributed by atoms with Crippen molar-refractivity contribution < 1.29 is 9.84 Å². The van der Waals surface area contributed by atoms with Crippen LogP contribution in [0.3, 0.4) is 0 Å². The van der Waals surface area contributed by atoms with Crippen molar-refractivity contribution in [3.05, 3.63) is 34.8 Å². The van der Waals surface area contributed by atoms with Crippen molar-refractivity contribution in [3.8, 4) is 11.5 Å². The van der Waals surface area contributed by atoms with Crippen LogP contribution in [0.2, 0.25) is 0 Å². The van der Waals surface area contributed by atoms with Crippen LogP contribution in [-0.4, -0.2) is 12.2 Å². The average Bonchev–Trinajstić information content (AvgIpc) is 2.22. The van der Waals surface area contributed by atoms with E-state index in [0.717, 1.165) is 5.56 Å². The SMILES string of the molecule is C=CC[C@@H](N)c1cc(Br)c(O)c(OC)c1.Cl. The molecule has 1 aromatic carbocycles. The molecule has 90 valence electrons. The zero-order valence-electron chi connectivity index (χ0n) is 8.94. The molecule has 1 aromatic rings. The predicted molar refractivity (Wildman–Crippen MR) is 71.3 cm³/mol. The fourth-order valence-electron chi connectivity index (χ4n) is 1.28. The van der Waals surface area contributed by atoms with Gasteiger partial charge in [-0.25, -0.2) is 0 Å². The molecule has 0 saturated carbocycles. The van der Waals surface area contributed by atoms with Crippen LogP contribution in [0.15, 0.2) is 29.3 Å². The smallest absolute Gasteiger partial charge is 0.172 e. The summed E-state index contributed by atoms with van der Waals surface area (Å²) in [5.74, 6) is 0.506. The second-order valence-corrected chi connectivity index (χ2v) is 4.04. The maximum Gasteiger partial charge on any atom is 0.172 e. The number of hydrogen-bond acceptors (Lipinski definition) is 3. The van der Waals surface area contributed by atoms with Crippen molar-refractivity contribution >= 4 is 28.3 Å². The van der Waals surface area contributed by atoms with Gasteiger partial charge in [0.1, 0.15) is 0 Å². The van der Waals surface area contributed by atoms with E-state index in [1.54, 1.807) is 18.2 Å². The van der Waals surface area contributed by atoms with Gasteiger partial charge in [0.25, 0.3) is 0 Å². The summed E-state index contributed by atoms with van der Waals surface area (Å²) in [4.78, 5) is 0. The largest absolute Gasteiger partial charge is 0.503 e. The molecule has 5 heteroatoms. The number of halogens is 2. The highest BCUT2D eigenvalue weighted by atomic mass is 79.9. The van der Waals surface area contributed by atoms with Gasteiger partial charge < -0.3 is 15.6 Å². The van der Waals surface area contributed by atoms with Gasteiger partial charge in [0.2, 0.25) is 0 Å². The highest BCUT2D eigenvalue weighted by Crippen LogP contribution is 2.36. The van der Waals surface area contributed by atoms with Gasteiger partial charge in [0, 0.05) is 6.04 Å². The van der Waals surface area contributed by atoms with Gasteiger partial charge in [-0.1, -0.05) is 6.08 Å². The first kappa shape index (κ1) is 15.3. The molecule has 0 aromatic heterocycles. The first-order valence-corrected chi connectivity index (χ1v) is 5.32. The van der Waals surface area contributed by atoms with Gasteiger partial charge in [0.05, 0.1) is 11.6 Å². The van der Waals surface area contributed by atoms with Gasteiger partial charge >= 0.3 is 0 Å². The molecule has 0 aliphatic heterocycles. The lowest BCUT2D eigenvalue weighted by molar-refractivity contribution is 0.371. The van der Waals surface area contributed by atoms with Crippen LogP contribution in [0.1, 0.15) is 18.0 Å². The molecule has 0 unspecified atom stereocenters. The summed E-state index contributed by atoms with van der Waals surface area (Å²) in [5, 5.41) is 9.60. The van der Waals surface area contributed by atoms with E-state index in [4.69, 9.17) is 10.5 Å². The molecule has 0 aliphatic rings. The standard InChI is InChI=1S/C11H14BrNO2.ClH/c1-3-4-9(13)7-5-8(12)11(14)10(6-7)15-2;/h3,5-6,9,14H,1,4,13H2,2H3;1H/t9-;/m1./s1. The summed E-state index contributed by atoms with van der Waals surface area (Å²) in [5.41, 5.74) is 6.82. The van der Waals surface area contributed by atoms with Gasteiger partial charge in [-0.15, -0.1) is 19.0 Å². The van der Waals surface area contributed by atoms with Crippen LogP contribution >= 0.6 is 28.3 Å². The number of rotatable bonds is 4. The molecule has 0 saturated heterocycles. The summed E-state index contributed by atoms with van der Waals surface area (Å²) in [7, 11) is 1.50. The first-order valence-electron chi connectivity index (χ1n) is 4.53. The summed E-state index contributed by atoms with van der Waals surface area (Å²) in [6.45, 7) is 3.64. The van der Waals surface area contributed by atoms with Crippen LogP contribution < -0.4 is 10.5 Å². The van der Waals surface area contributed by atoms with Crippen LogP contribution in [0, 0.1) is 0 Å². The zero-order chi connectivity index (χ0) is 11.4. The number of benzene rings is 1. The number of phenols is 1. The molecule has 3 nitrogen and oxygen atoms in total. The van der Waals surface area contributed by atoms with Crippen LogP contribution in [-0.2, 0) is 0 Å². The minimum Gasteiger partial charge on any atom is -0.503 e. The lowest BCUT2D eigenvalue weighted by atomic mass is 10.0.